The van der Waals surface area contributed by atoms with Crippen molar-refractivity contribution >= 4 is 17.9 Å². The van der Waals surface area contributed by atoms with Gasteiger partial charge in [0.1, 0.15) is 0 Å². The second-order valence-corrected chi connectivity index (χ2v) is 3.57. The lowest BCUT2D eigenvalue weighted by Crippen LogP contribution is -2.11. The van der Waals surface area contributed by atoms with Crippen molar-refractivity contribution in [3.05, 3.63) is 69.3 Å². The molecule has 0 spiro atoms. The van der Waals surface area contributed by atoms with Gasteiger partial charge in [-0.3, -0.25) is 0 Å². The number of halogens is 1. The molecule has 0 aromatic heterocycles. The summed E-state index contributed by atoms with van der Waals surface area (Å²) >= 11 is 5.96. The molecule has 0 aliphatic heterocycles. The molecule has 1 aromatic carbocycles. The third-order valence-corrected chi connectivity index (χ3v) is 2.35. The Hall–Kier alpha value is -2.50. The number of nitrogens with one attached hydrogen (secondary N) is 1. The van der Waals surface area contributed by atoms with Gasteiger partial charge in [-0.1, -0.05) is 42.9 Å². The number of nitrogens with zero attached hydrogens (tertiary/aromatic N) is 3. The quantitative estimate of drug-likeness (QED) is 0.495. The topological polar surface area (TPSA) is 59.1 Å². The average molecular weight is 260 g/mol. The van der Waals surface area contributed by atoms with Gasteiger partial charge >= 0.3 is 0 Å². The van der Waals surface area contributed by atoms with Crippen molar-refractivity contribution in [1.29, 1.82) is 0 Å². The molecule has 0 aliphatic carbocycles. The minimum atomic E-state index is -0.221. The van der Waals surface area contributed by atoms with Crippen LogP contribution in [0.5, 0.6) is 0 Å². The lowest BCUT2D eigenvalue weighted by molar-refractivity contribution is 0.931. The zero-order chi connectivity index (χ0) is 13.4. The Morgan fingerprint density at radius 1 is 1.39 bits per heavy atom. The van der Waals surface area contributed by atoms with E-state index in [1.54, 1.807) is 6.07 Å². The number of benzene rings is 1. The molecule has 0 atom stereocenters. The van der Waals surface area contributed by atoms with E-state index in [0.717, 1.165) is 5.56 Å². The van der Waals surface area contributed by atoms with Gasteiger partial charge in [-0.25, -0.2) is 0 Å². The fourth-order valence-corrected chi connectivity index (χ4v) is 1.31. The Morgan fingerprint density at radius 3 is 2.72 bits per heavy atom. The van der Waals surface area contributed by atoms with Crippen molar-refractivity contribution in [2.24, 2.45) is 10.7 Å². The first-order valence-corrected chi connectivity index (χ1v) is 5.30. The van der Waals surface area contributed by atoms with Gasteiger partial charge in [-0.05, 0) is 11.6 Å². The molecule has 0 saturated carbocycles. The van der Waals surface area contributed by atoms with Gasteiger partial charge in [-0.2, -0.15) is 0 Å². The Morgan fingerprint density at radius 2 is 2.11 bits per heavy atom. The molecule has 0 saturated heterocycles. The van der Waals surface area contributed by atoms with Crippen LogP contribution in [0, 0.1) is 13.1 Å². The van der Waals surface area contributed by atoms with Crippen LogP contribution in [0.4, 0.5) is 0 Å². The molecule has 0 aliphatic rings. The zero-order valence-corrected chi connectivity index (χ0v) is 10.1. The maximum absolute atomic E-state index is 6.81. The Balaban J connectivity index is 2.61. The molecular weight excluding hydrogens is 250 g/mol. The highest BCUT2D eigenvalue weighted by Crippen LogP contribution is 2.13. The largest absolute Gasteiger partial charge is 0.374 e. The second kappa shape index (κ2) is 6.95. The third-order valence-electron chi connectivity index (χ3n) is 1.98. The SMILES string of the molecule is [C-]#[N+]/C(N)=C(/N=C\NCc1ccccc1Cl)[N+]#[C-]. The molecule has 18 heavy (non-hydrogen) atoms. The van der Waals surface area contributed by atoms with Gasteiger partial charge in [0.05, 0.1) is 0 Å². The van der Waals surface area contributed by atoms with E-state index in [9.17, 15) is 0 Å². The van der Waals surface area contributed by atoms with Gasteiger partial charge in [0.2, 0.25) is 5.82 Å². The van der Waals surface area contributed by atoms with E-state index < -0.39 is 0 Å². The van der Waals surface area contributed by atoms with Gasteiger partial charge in [0.15, 0.2) is 6.34 Å². The minimum absolute atomic E-state index is 0.128. The first kappa shape index (κ1) is 13.6. The van der Waals surface area contributed by atoms with E-state index in [4.69, 9.17) is 30.5 Å². The standard InChI is InChI=1S/C12H10ClN5/c1-15-11(14)12(16-2)18-8-17-7-9-5-3-4-6-10(9)13/h3-6,8H,7,14H2,(H,17,18)/b12-11+. The third kappa shape index (κ3) is 3.82. The van der Waals surface area contributed by atoms with Crippen molar-refractivity contribution < 1.29 is 0 Å². The number of hydrogen-bond donors (Lipinski definition) is 2. The maximum Gasteiger partial charge on any atom is 0.290 e. The smallest absolute Gasteiger partial charge is 0.290 e. The van der Waals surface area contributed by atoms with Crippen LogP contribution in [-0.4, -0.2) is 6.34 Å². The fraction of sp³-hybridized carbons (Fsp3) is 0.0833. The van der Waals surface area contributed by atoms with Crippen LogP contribution in [0.15, 0.2) is 40.9 Å². The van der Waals surface area contributed by atoms with Gasteiger partial charge in [-0.15, -0.1) is 4.99 Å². The molecule has 0 amide bonds. The Kier molecular flexibility index (Phi) is 5.24. The van der Waals surface area contributed by atoms with Crippen molar-refractivity contribution in [2.45, 2.75) is 6.54 Å². The zero-order valence-electron chi connectivity index (χ0n) is 9.39. The molecule has 0 radical (unpaired) electrons. The summed E-state index contributed by atoms with van der Waals surface area (Å²) in [6, 6.07) is 7.39. The van der Waals surface area contributed by atoms with E-state index in [1.165, 1.54) is 6.34 Å². The summed E-state index contributed by atoms with van der Waals surface area (Å²) in [6.45, 7) is 14.0. The molecule has 0 unspecified atom stereocenters. The molecule has 90 valence electrons. The number of aliphatic imine (C=N–C) groups is 1. The summed E-state index contributed by atoms with van der Waals surface area (Å²) in [5.74, 6) is -0.350. The van der Waals surface area contributed by atoms with Gasteiger partial charge in [0, 0.05) is 11.6 Å². The van der Waals surface area contributed by atoms with Crippen LogP contribution >= 0.6 is 11.6 Å². The summed E-state index contributed by atoms with van der Waals surface area (Å²) in [4.78, 5) is 9.75. The molecule has 0 bridgehead atoms. The van der Waals surface area contributed by atoms with Crippen LogP contribution < -0.4 is 11.1 Å². The molecule has 0 fully saturated rings. The summed E-state index contributed by atoms with van der Waals surface area (Å²) in [7, 11) is 0. The second-order valence-electron chi connectivity index (χ2n) is 3.16. The molecule has 1 aromatic rings. The normalized spacial score (nSPS) is 11.5. The number of rotatable bonds is 4. The monoisotopic (exact) mass is 259 g/mol. The molecule has 3 N–H and O–H groups in total. The van der Waals surface area contributed by atoms with Crippen molar-refractivity contribution in [3.8, 4) is 0 Å². The molecule has 5 nitrogen and oxygen atoms in total. The van der Waals surface area contributed by atoms with Crippen LogP contribution in [0.2, 0.25) is 5.02 Å². The molecule has 6 heteroatoms. The summed E-state index contributed by atoms with van der Waals surface area (Å²) in [6.07, 6.45) is 1.33. The van der Waals surface area contributed by atoms with E-state index in [0.29, 0.717) is 11.6 Å². The lowest BCUT2D eigenvalue weighted by atomic mass is 10.2. The predicted octanol–water partition coefficient (Wildman–Crippen LogP) is 2.38. The highest BCUT2D eigenvalue weighted by molar-refractivity contribution is 6.31. The Labute approximate surface area is 110 Å². The highest BCUT2D eigenvalue weighted by atomic mass is 35.5. The van der Waals surface area contributed by atoms with Crippen LogP contribution in [0.3, 0.4) is 0 Å². The van der Waals surface area contributed by atoms with Crippen LogP contribution in [-0.2, 0) is 6.54 Å². The number of nitrogens with two attached hydrogens (primary N) is 1. The first-order valence-electron chi connectivity index (χ1n) is 4.93. The predicted molar refractivity (Wildman–Crippen MR) is 71.2 cm³/mol. The number of hydrogen-bond acceptors (Lipinski definition) is 2. The van der Waals surface area contributed by atoms with E-state index in [2.05, 4.69) is 20.0 Å². The van der Waals surface area contributed by atoms with Gasteiger partial charge < -0.3 is 20.7 Å². The van der Waals surface area contributed by atoms with Crippen LogP contribution in [0.25, 0.3) is 9.69 Å². The maximum atomic E-state index is 6.81. The molecule has 1 rings (SSSR count). The highest BCUT2D eigenvalue weighted by Gasteiger charge is 1.99. The minimum Gasteiger partial charge on any atom is -0.374 e. The summed E-state index contributed by atoms with van der Waals surface area (Å²) in [5.41, 5.74) is 6.21. The summed E-state index contributed by atoms with van der Waals surface area (Å²) in [5, 5.41) is 3.53. The van der Waals surface area contributed by atoms with Crippen molar-refractivity contribution in [1.82, 2.24) is 5.32 Å². The van der Waals surface area contributed by atoms with E-state index in [-0.39, 0.29) is 11.6 Å². The van der Waals surface area contributed by atoms with E-state index >= 15 is 0 Å². The van der Waals surface area contributed by atoms with Crippen molar-refractivity contribution in [3.63, 3.8) is 0 Å². The fourth-order valence-electron chi connectivity index (χ4n) is 1.11. The molecule has 0 heterocycles. The van der Waals surface area contributed by atoms with E-state index in [1.807, 2.05) is 18.2 Å². The summed E-state index contributed by atoms with van der Waals surface area (Å²) < 4.78 is 0. The first-order chi connectivity index (χ1) is 8.69. The lowest BCUT2D eigenvalue weighted by Gasteiger charge is -2.01. The van der Waals surface area contributed by atoms with Gasteiger partial charge in [0.25, 0.3) is 5.82 Å². The average Bonchev–Trinajstić information content (AvgIpc) is 2.40. The molecular formula is C12H10ClN5. The van der Waals surface area contributed by atoms with Crippen LogP contribution in [0.1, 0.15) is 5.56 Å². The van der Waals surface area contributed by atoms with Crippen molar-refractivity contribution in [2.75, 3.05) is 0 Å². The Bertz CT molecular complexity index is 563.